The monoisotopic (exact) mass is 357 g/mol. The molecule has 4 nitrogen and oxygen atoms in total. The number of amides is 1. The van der Waals surface area contributed by atoms with Gasteiger partial charge >= 0.3 is 0 Å². The Kier molecular flexibility index (Phi) is 4.90. The fraction of sp³-hybridized carbons (Fsp3) is 0.381. The molecule has 0 radical (unpaired) electrons. The molecule has 0 saturated heterocycles. The Morgan fingerprint density at radius 1 is 1.04 bits per heavy atom. The number of carbonyl (C=O) groups excluding carboxylic acids is 1. The van der Waals surface area contributed by atoms with Gasteiger partial charge in [-0.15, -0.1) is 0 Å². The first kappa shape index (κ1) is 18.2. The summed E-state index contributed by atoms with van der Waals surface area (Å²) in [7, 11) is 3.22. The van der Waals surface area contributed by atoms with Gasteiger partial charge in [0.2, 0.25) is 5.91 Å². The van der Waals surface area contributed by atoms with E-state index in [1.165, 1.54) is 17.7 Å². The van der Waals surface area contributed by atoms with Gasteiger partial charge in [0.15, 0.2) is 11.5 Å². The number of fused-ring (bicyclic) bond motifs is 1. The van der Waals surface area contributed by atoms with Crippen LogP contribution in [0.25, 0.3) is 0 Å². The molecule has 1 heterocycles. The van der Waals surface area contributed by atoms with Gasteiger partial charge in [-0.05, 0) is 61.2 Å². The van der Waals surface area contributed by atoms with Crippen LogP contribution in [0.5, 0.6) is 11.5 Å². The van der Waals surface area contributed by atoms with Crippen molar-refractivity contribution in [1.29, 1.82) is 0 Å². The minimum Gasteiger partial charge on any atom is -0.493 e. The molecule has 0 aromatic heterocycles. The summed E-state index contributed by atoms with van der Waals surface area (Å²) in [4.78, 5) is 15.0. The lowest BCUT2D eigenvalue weighted by Crippen LogP contribution is -2.45. The van der Waals surface area contributed by atoms with Crippen LogP contribution in [-0.2, 0) is 23.2 Å². The quantitative estimate of drug-likeness (QED) is 0.837. The van der Waals surface area contributed by atoms with Crippen molar-refractivity contribution < 1.29 is 18.7 Å². The number of hydrogen-bond acceptors (Lipinski definition) is 3. The first-order valence-electron chi connectivity index (χ1n) is 8.66. The summed E-state index contributed by atoms with van der Waals surface area (Å²) in [5.74, 6) is 1.10. The number of halogens is 1. The van der Waals surface area contributed by atoms with E-state index in [1.807, 2.05) is 30.9 Å². The lowest BCUT2D eigenvalue weighted by atomic mass is 9.82. The van der Waals surface area contributed by atoms with Crippen LogP contribution in [0, 0.1) is 5.82 Å². The van der Waals surface area contributed by atoms with Crippen LogP contribution >= 0.6 is 0 Å². The molecule has 0 aliphatic carbocycles. The minimum absolute atomic E-state index is 0.0320. The maximum Gasteiger partial charge on any atom is 0.232 e. The van der Waals surface area contributed by atoms with Gasteiger partial charge in [-0.2, -0.15) is 0 Å². The van der Waals surface area contributed by atoms with E-state index < -0.39 is 5.41 Å². The molecule has 5 heteroatoms. The minimum atomic E-state index is -0.720. The highest BCUT2D eigenvalue weighted by molar-refractivity contribution is 5.87. The van der Waals surface area contributed by atoms with Crippen molar-refractivity contribution in [1.82, 2.24) is 4.90 Å². The molecule has 3 rings (SSSR count). The van der Waals surface area contributed by atoms with Crippen molar-refractivity contribution in [2.75, 3.05) is 20.8 Å². The van der Waals surface area contributed by atoms with E-state index in [4.69, 9.17) is 9.47 Å². The van der Waals surface area contributed by atoms with E-state index in [-0.39, 0.29) is 11.7 Å². The summed E-state index contributed by atoms with van der Waals surface area (Å²) in [6.07, 6.45) is 0.765. The Balaban J connectivity index is 1.85. The number of nitrogens with zero attached hydrogens (tertiary/aromatic N) is 1. The average molecular weight is 357 g/mol. The van der Waals surface area contributed by atoms with Crippen LogP contribution < -0.4 is 9.47 Å². The molecule has 2 aromatic carbocycles. The predicted molar refractivity (Wildman–Crippen MR) is 98.1 cm³/mol. The molecular formula is C21H24FNO3. The smallest absolute Gasteiger partial charge is 0.232 e. The predicted octanol–water partition coefficient (Wildman–Crippen LogP) is 3.71. The van der Waals surface area contributed by atoms with Gasteiger partial charge in [-0.1, -0.05) is 12.1 Å². The number of hydrogen-bond donors (Lipinski definition) is 0. The third-order valence-corrected chi connectivity index (χ3v) is 5.11. The summed E-state index contributed by atoms with van der Waals surface area (Å²) in [6, 6.07) is 10.1. The first-order valence-corrected chi connectivity index (χ1v) is 8.66. The van der Waals surface area contributed by atoms with E-state index in [0.717, 1.165) is 17.5 Å². The zero-order valence-corrected chi connectivity index (χ0v) is 15.6. The van der Waals surface area contributed by atoms with Crippen molar-refractivity contribution in [3.63, 3.8) is 0 Å². The Morgan fingerprint density at radius 3 is 2.19 bits per heavy atom. The van der Waals surface area contributed by atoms with Crippen LogP contribution in [0.2, 0.25) is 0 Å². The first-order chi connectivity index (χ1) is 12.4. The third-order valence-electron chi connectivity index (χ3n) is 5.11. The van der Waals surface area contributed by atoms with Gasteiger partial charge in [0.05, 0.1) is 19.6 Å². The summed E-state index contributed by atoms with van der Waals surface area (Å²) in [6.45, 7) is 4.93. The standard InChI is InChI=1S/C21H24FNO3/c1-21(2,16-5-7-17(22)8-6-16)20(24)23-10-9-14-11-18(25-3)19(26-4)12-15(14)13-23/h5-8,11-12H,9-10,13H2,1-4H3. The van der Waals surface area contributed by atoms with Gasteiger partial charge in [-0.3, -0.25) is 4.79 Å². The van der Waals surface area contributed by atoms with Gasteiger partial charge in [0.25, 0.3) is 0 Å². The van der Waals surface area contributed by atoms with Gasteiger partial charge in [0, 0.05) is 13.1 Å². The largest absolute Gasteiger partial charge is 0.493 e. The van der Waals surface area contributed by atoms with E-state index in [0.29, 0.717) is 24.6 Å². The van der Waals surface area contributed by atoms with Crippen molar-refractivity contribution in [2.24, 2.45) is 0 Å². The Morgan fingerprint density at radius 2 is 1.62 bits per heavy atom. The molecule has 1 aliphatic rings. The van der Waals surface area contributed by atoms with Crippen molar-refractivity contribution in [3.05, 3.63) is 58.9 Å². The fourth-order valence-electron chi connectivity index (χ4n) is 3.44. The SMILES string of the molecule is COc1cc2c(cc1OC)CN(C(=O)C(C)(C)c1ccc(F)cc1)CC2. The molecule has 1 amide bonds. The second kappa shape index (κ2) is 6.98. The maximum atomic E-state index is 13.2. The number of carbonyl (C=O) groups is 1. The third kappa shape index (κ3) is 3.26. The molecule has 0 spiro atoms. The molecule has 2 aromatic rings. The van der Waals surface area contributed by atoms with Crippen molar-refractivity contribution in [3.8, 4) is 11.5 Å². The van der Waals surface area contributed by atoms with Crippen LogP contribution in [-0.4, -0.2) is 31.6 Å². The van der Waals surface area contributed by atoms with Gasteiger partial charge < -0.3 is 14.4 Å². The second-order valence-electron chi connectivity index (χ2n) is 7.08. The van der Waals surface area contributed by atoms with Crippen LogP contribution in [0.15, 0.2) is 36.4 Å². The molecule has 0 unspecified atom stereocenters. The molecule has 0 atom stereocenters. The van der Waals surface area contributed by atoms with Crippen molar-refractivity contribution in [2.45, 2.75) is 32.2 Å². The number of ether oxygens (including phenoxy) is 2. The Bertz CT molecular complexity index is 815. The number of methoxy groups -OCH3 is 2. The fourth-order valence-corrected chi connectivity index (χ4v) is 3.44. The Hall–Kier alpha value is -2.56. The summed E-state index contributed by atoms with van der Waals surface area (Å²) >= 11 is 0. The van der Waals surface area contributed by atoms with E-state index in [9.17, 15) is 9.18 Å². The lowest BCUT2D eigenvalue weighted by molar-refractivity contribution is -0.137. The average Bonchev–Trinajstić information content (AvgIpc) is 2.66. The number of benzene rings is 2. The Labute approximate surface area is 153 Å². The van der Waals surface area contributed by atoms with Crippen LogP contribution in [0.1, 0.15) is 30.5 Å². The molecule has 0 N–H and O–H groups in total. The summed E-state index contributed by atoms with van der Waals surface area (Å²) in [5.41, 5.74) is 2.33. The number of rotatable bonds is 4. The van der Waals surface area contributed by atoms with E-state index >= 15 is 0 Å². The zero-order valence-electron chi connectivity index (χ0n) is 15.6. The van der Waals surface area contributed by atoms with E-state index in [1.54, 1.807) is 26.4 Å². The molecule has 0 bridgehead atoms. The summed E-state index contributed by atoms with van der Waals surface area (Å²) in [5, 5.41) is 0. The normalized spacial score (nSPS) is 14.0. The molecule has 26 heavy (non-hydrogen) atoms. The zero-order chi connectivity index (χ0) is 18.9. The summed E-state index contributed by atoms with van der Waals surface area (Å²) < 4.78 is 24.0. The molecule has 138 valence electrons. The highest BCUT2D eigenvalue weighted by atomic mass is 19.1. The van der Waals surface area contributed by atoms with Gasteiger partial charge in [0.1, 0.15) is 5.82 Å². The topological polar surface area (TPSA) is 38.8 Å². The lowest BCUT2D eigenvalue weighted by Gasteiger charge is -2.35. The molecule has 0 saturated carbocycles. The molecular weight excluding hydrogens is 333 g/mol. The molecule has 0 fully saturated rings. The highest BCUT2D eigenvalue weighted by Crippen LogP contribution is 2.35. The van der Waals surface area contributed by atoms with Crippen molar-refractivity contribution >= 4 is 5.91 Å². The van der Waals surface area contributed by atoms with Crippen LogP contribution in [0.3, 0.4) is 0 Å². The van der Waals surface area contributed by atoms with Gasteiger partial charge in [-0.25, -0.2) is 4.39 Å². The maximum absolute atomic E-state index is 13.2. The second-order valence-corrected chi connectivity index (χ2v) is 7.08. The molecule has 1 aliphatic heterocycles. The van der Waals surface area contributed by atoms with Crippen LogP contribution in [0.4, 0.5) is 4.39 Å². The van der Waals surface area contributed by atoms with E-state index in [2.05, 4.69) is 0 Å². The highest BCUT2D eigenvalue weighted by Gasteiger charge is 2.35.